The smallest absolute Gasteiger partial charge is 0.102 e. The molecule has 0 aromatic heterocycles. The maximum atomic E-state index is 10.6. The van der Waals surface area contributed by atoms with E-state index in [4.69, 9.17) is 4.74 Å². The van der Waals surface area contributed by atoms with Gasteiger partial charge in [-0.3, -0.25) is 0 Å². The average molecular weight is 441 g/mol. The predicted octanol–water partition coefficient (Wildman–Crippen LogP) is 6.28. The van der Waals surface area contributed by atoms with Crippen molar-refractivity contribution in [1.29, 1.82) is 0 Å². The van der Waals surface area contributed by atoms with E-state index in [-0.39, 0.29) is 6.10 Å². The minimum absolute atomic E-state index is 0.0254. The summed E-state index contributed by atoms with van der Waals surface area (Å²) in [6, 6.07) is 0. The Balaban J connectivity index is 1.46. The summed E-state index contributed by atoms with van der Waals surface area (Å²) in [6.07, 6.45) is 16.6. The first-order valence-corrected chi connectivity index (χ1v) is 12.9. The lowest BCUT2D eigenvalue weighted by Gasteiger charge is -2.44. The Morgan fingerprint density at radius 1 is 1.31 bits per heavy atom. The maximum absolute atomic E-state index is 10.6. The normalized spacial score (nSPS) is 38.7. The predicted molar refractivity (Wildman–Crippen MR) is 131 cm³/mol. The molecular weight excluding hydrogens is 396 g/mol. The minimum Gasteiger partial charge on any atom is -0.390 e. The van der Waals surface area contributed by atoms with Gasteiger partial charge in [-0.05, 0) is 92.3 Å². The molecule has 2 N–H and O–H groups in total. The molecule has 1 heterocycles. The first-order valence-electron chi connectivity index (χ1n) is 12.9. The van der Waals surface area contributed by atoms with Crippen LogP contribution >= 0.6 is 0 Å². The summed E-state index contributed by atoms with van der Waals surface area (Å²) in [6.45, 7) is 13.7. The van der Waals surface area contributed by atoms with Crippen LogP contribution in [-0.4, -0.2) is 34.6 Å². The van der Waals surface area contributed by atoms with Crippen molar-refractivity contribution < 1.29 is 14.9 Å². The Kier molecular flexibility index (Phi) is 6.92. The van der Waals surface area contributed by atoms with Crippen molar-refractivity contribution in [2.75, 3.05) is 6.61 Å². The van der Waals surface area contributed by atoms with Crippen LogP contribution in [0.25, 0.3) is 0 Å². The molecule has 0 amide bonds. The topological polar surface area (TPSA) is 49.7 Å². The fourth-order valence-electron chi connectivity index (χ4n) is 7.32. The van der Waals surface area contributed by atoms with Crippen molar-refractivity contribution in [3.63, 3.8) is 0 Å². The molecule has 4 aliphatic rings. The zero-order chi connectivity index (χ0) is 23.1. The molecule has 3 nitrogen and oxygen atoms in total. The second kappa shape index (κ2) is 9.24. The Bertz CT molecular complexity index is 811. The third-order valence-electron chi connectivity index (χ3n) is 9.12. The highest BCUT2D eigenvalue weighted by Gasteiger charge is 2.50. The van der Waals surface area contributed by atoms with Gasteiger partial charge in [-0.25, -0.2) is 0 Å². The summed E-state index contributed by atoms with van der Waals surface area (Å²) < 4.78 is 5.81. The van der Waals surface area contributed by atoms with Crippen LogP contribution in [0.3, 0.4) is 0 Å². The van der Waals surface area contributed by atoms with Crippen LogP contribution in [-0.2, 0) is 4.74 Å². The molecule has 3 saturated carbocycles. The molecule has 0 spiro atoms. The van der Waals surface area contributed by atoms with E-state index in [0.29, 0.717) is 23.9 Å². The van der Waals surface area contributed by atoms with Gasteiger partial charge in [-0.1, -0.05) is 57.1 Å². The van der Waals surface area contributed by atoms with Crippen LogP contribution in [0.2, 0.25) is 0 Å². The van der Waals surface area contributed by atoms with Crippen LogP contribution in [0, 0.1) is 23.2 Å². The number of rotatable bonds is 6. The van der Waals surface area contributed by atoms with Gasteiger partial charge < -0.3 is 14.9 Å². The lowest BCUT2D eigenvalue weighted by Crippen LogP contribution is -2.36. The molecule has 3 fully saturated rings. The van der Waals surface area contributed by atoms with Gasteiger partial charge >= 0.3 is 0 Å². The summed E-state index contributed by atoms with van der Waals surface area (Å²) in [7, 11) is 0. The number of hydrogen-bond donors (Lipinski definition) is 2. The molecule has 3 aliphatic carbocycles. The van der Waals surface area contributed by atoms with Crippen LogP contribution < -0.4 is 0 Å². The zero-order valence-electron chi connectivity index (χ0n) is 20.7. The van der Waals surface area contributed by atoms with Crippen LogP contribution in [0.1, 0.15) is 85.5 Å². The quantitative estimate of drug-likeness (QED) is 0.478. The SMILES string of the molecule is C=C1/C(=C\C=C2/CCC[C@]3(C)[C@@H]([C@H](C)CCCC(C)(C)O)CC[C@@H]23)C[C@H]2OCC=C2[C@@H]1O. The number of aliphatic hydroxyl groups is 2. The second-order valence-corrected chi connectivity index (χ2v) is 11.9. The van der Waals surface area contributed by atoms with E-state index in [1.54, 1.807) is 5.57 Å². The number of allylic oxidation sites excluding steroid dienone is 3. The van der Waals surface area contributed by atoms with Crippen molar-refractivity contribution in [3.05, 3.63) is 47.1 Å². The molecule has 0 unspecified atom stereocenters. The molecule has 6 atom stereocenters. The lowest BCUT2D eigenvalue weighted by atomic mass is 9.60. The Morgan fingerprint density at radius 2 is 2.09 bits per heavy atom. The number of aliphatic hydroxyl groups excluding tert-OH is 1. The molecule has 1 aliphatic heterocycles. The number of ether oxygens (including phenoxy) is 1. The van der Waals surface area contributed by atoms with E-state index >= 15 is 0 Å². The van der Waals surface area contributed by atoms with Crippen LogP contribution in [0.5, 0.6) is 0 Å². The molecule has 0 aromatic rings. The molecule has 0 bridgehead atoms. The fourth-order valence-corrected chi connectivity index (χ4v) is 7.32. The first-order chi connectivity index (χ1) is 15.1. The van der Waals surface area contributed by atoms with Gasteiger partial charge in [0.2, 0.25) is 0 Å². The van der Waals surface area contributed by atoms with E-state index in [1.807, 2.05) is 19.9 Å². The van der Waals surface area contributed by atoms with Gasteiger partial charge in [-0.15, -0.1) is 0 Å². The summed E-state index contributed by atoms with van der Waals surface area (Å²) >= 11 is 0. The average Bonchev–Trinajstić information content (AvgIpc) is 3.32. The summed E-state index contributed by atoms with van der Waals surface area (Å²) in [5.41, 5.74) is 4.45. The van der Waals surface area contributed by atoms with E-state index in [1.165, 1.54) is 38.5 Å². The lowest BCUT2D eigenvalue weighted by molar-refractivity contribution is 0.0596. The van der Waals surface area contributed by atoms with Gasteiger partial charge in [0.25, 0.3) is 0 Å². The van der Waals surface area contributed by atoms with E-state index in [2.05, 4.69) is 32.6 Å². The molecule has 4 rings (SSSR count). The van der Waals surface area contributed by atoms with Crippen molar-refractivity contribution in [2.24, 2.45) is 23.2 Å². The monoisotopic (exact) mass is 440 g/mol. The Hall–Kier alpha value is -1.16. The summed E-state index contributed by atoms with van der Waals surface area (Å²) in [4.78, 5) is 0. The molecule has 3 heteroatoms. The molecule has 0 aromatic carbocycles. The molecular formula is C29H44O3. The molecule has 178 valence electrons. The third-order valence-corrected chi connectivity index (χ3v) is 9.12. The Morgan fingerprint density at radius 3 is 2.84 bits per heavy atom. The first kappa shape index (κ1) is 24.0. The second-order valence-electron chi connectivity index (χ2n) is 11.9. The highest BCUT2D eigenvalue weighted by atomic mass is 16.5. The van der Waals surface area contributed by atoms with Gasteiger partial charge in [0, 0.05) is 6.42 Å². The van der Waals surface area contributed by atoms with Crippen molar-refractivity contribution in [3.8, 4) is 0 Å². The van der Waals surface area contributed by atoms with Crippen molar-refractivity contribution in [1.82, 2.24) is 0 Å². The van der Waals surface area contributed by atoms with Gasteiger partial charge in [-0.2, -0.15) is 0 Å². The summed E-state index contributed by atoms with van der Waals surface area (Å²) in [5, 5.41) is 20.7. The summed E-state index contributed by atoms with van der Waals surface area (Å²) in [5.74, 6) is 2.16. The maximum Gasteiger partial charge on any atom is 0.102 e. The minimum atomic E-state index is -0.585. The van der Waals surface area contributed by atoms with Gasteiger partial charge in [0.05, 0.1) is 18.3 Å². The van der Waals surface area contributed by atoms with E-state index < -0.39 is 11.7 Å². The number of hydrogen-bond acceptors (Lipinski definition) is 3. The largest absolute Gasteiger partial charge is 0.390 e. The molecule has 0 saturated heterocycles. The van der Waals surface area contributed by atoms with Gasteiger partial charge in [0.1, 0.15) is 6.10 Å². The Labute approximate surface area is 195 Å². The van der Waals surface area contributed by atoms with Crippen molar-refractivity contribution >= 4 is 0 Å². The highest BCUT2D eigenvalue weighted by Crippen LogP contribution is 2.60. The molecule has 0 radical (unpaired) electrons. The van der Waals surface area contributed by atoms with Crippen molar-refractivity contribution in [2.45, 2.75) is 103 Å². The number of fused-ring (bicyclic) bond motifs is 2. The van der Waals surface area contributed by atoms with E-state index in [0.717, 1.165) is 41.9 Å². The van der Waals surface area contributed by atoms with Crippen LogP contribution in [0.4, 0.5) is 0 Å². The van der Waals surface area contributed by atoms with Gasteiger partial charge in [0.15, 0.2) is 0 Å². The standard InChI is InChI=1S/C29H44O3/c1-19(8-6-15-28(3,4)31)24-12-13-25-21(9-7-16-29(24,25)5)10-11-22-18-26-23(14-17-32-26)27(30)20(22)2/h10-11,14,19,24-27,30-31H,2,6-9,12-13,15-18H2,1,3-5H3/b21-10+,22-11-/t19-,24-,25+,26-,27-,29-/m1/s1. The molecule has 32 heavy (non-hydrogen) atoms. The zero-order valence-corrected chi connectivity index (χ0v) is 20.7. The third kappa shape index (κ3) is 4.72. The highest BCUT2D eigenvalue weighted by molar-refractivity contribution is 5.47. The van der Waals surface area contributed by atoms with E-state index in [9.17, 15) is 10.2 Å². The van der Waals surface area contributed by atoms with Crippen LogP contribution in [0.15, 0.2) is 47.1 Å². The fraction of sp³-hybridized carbons (Fsp3) is 0.724.